The van der Waals surface area contributed by atoms with Crippen LogP contribution in [0.15, 0.2) is 59.5 Å². The molecule has 1 N–H and O–H groups in total. The van der Waals surface area contributed by atoms with E-state index in [9.17, 15) is 9.59 Å². The van der Waals surface area contributed by atoms with E-state index in [4.69, 9.17) is 28.2 Å². The molecule has 0 bridgehead atoms. The van der Waals surface area contributed by atoms with Gasteiger partial charge in [0.15, 0.2) is 0 Å². The Hall–Kier alpha value is -3.26. The Morgan fingerprint density at radius 3 is 2.50 bits per heavy atom. The molecule has 2 aromatic carbocycles. The van der Waals surface area contributed by atoms with E-state index in [0.29, 0.717) is 44.6 Å². The van der Waals surface area contributed by atoms with Crippen molar-refractivity contribution in [2.24, 2.45) is 0 Å². The minimum absolute atomic E-state index is 0.0637. The van der Waals surface area contributed by atoms with Crippen molar-refractivity contribution in [3.8, 4) is 22.6 Å². The van der Waals surface area contributed by atoms with E-state index in [2.05, 4.69) is 10.3 Å². The van der Waals surface area contributed by atoms with Crippen molar-refractivity contribution in [1.82, 2.24) is 24.8 Å². The highest BCUT2D eigenvalue weighted by Crippen LogP contribution is 2.27. The Kier molecular flexibility index (Phi) is 7.73. The van der Waals surface area contributed by atoms with Crippen LogP contribution in [0, 0.1) is 0 Å². The van der Waals surface area contributed by atoms with Crippen LogP contribution in [-0.2, 0) is 17.9 Å². The molecule has 0 aliphatic rings. The predicted octanol–water partition coefficient (Wildman–Crippen LogP) is 5.02. The number of rotatable bonds is 7. The number of benzene rings is 2. The quantitative estimate of drug-likeness (QED) is 0.367. The lowest BCUT2D eigenvalue weighted by Gasteiger charge is -2.16. The molecule has 2 aromatic heterocycles. The van der Waals surface area contributed by atoms with Gasteiger partial charge in [-0.15, -0.1) is 0 Å². The average Bonchev–Trinajstić information content (AvgIpc) is 2.79. The monoisotopic (exact) mass is 523 g/mol. The smallest absolute Gasteiger partial charge is 0.262 e. The number of amides is 1. The first-order chi connectivity index (χ1) is 17.1. The molecule has 36 heavy (non-hydrogen) atoms. The fraction of sp³-hybridized carbons (Fsp3) is 0.259. The van der Waals surface area contributed by atoms with E-state index in [1.807, 2.05) is 51.0 Å². The highest BCUT2D eigenvalue weighted by Gasteiger charge is 2.18. The van der Waals surface area contributed by atoms with Crippen LogP contribution < -0.4 is 10.9 Å². The summed E-state index contributed by atoms with van der Waals surface area (Å²) in [6.07, 6.45) is 1.57. The van der Waals surface area contributed by atoms with Crippen LogP contribution in [0.5, 0.6) is 0 Å². The van der Waals surface area contributed by atoms with Gasteiger partial charge in [-0.25, -0.2) is 4.98 Å². The number of carbonyl (C=O) groups is 1. The minimum atomic E-state index is -0.340. The second-order valence-electron chi connectivity index (χ2n) is 9.23. The van der Waals surface area contributed by atoms with Gasteiger partial charge in [0.2, 0.25) is 5.91 Å². The molecule has 7 nitrogen and oxygen atoms in total. The third-order valence-corrected chi connectivity index (χ3v) is 5.88. The fourth-order valence-electron chi connectivity index (χ4n) is 4.04. The lowest BCUT2D eigenvalue weighted by molar-refractivity contribution is -0.122. The zero-order valence-electron chi connectivity index (χ0n) is 20.5. The summed E-state index contributed by atoms with van der Waals surface area (Å²) in [5.74, 6) is 0.0634. The molecule has 0 atom stereocenters. The summed E-state index contributed by atoms with van der Waals surface area (Å²) in [5.41, 5.74) is 3.14. The number of nitrogens with one attached hydrogen (secondary N) is 1. The summed E-state index contributed by atoms with van der Waals surface area (Å²) in [4.78, 5) is 37.7. The molecule has 0 aliphatic carbocycles. The molecule has 4 aromatic rings. The van der Waals surface area contributed by atoms with Gasteiger partial charge < -0.3 is 10.2 Å². The second-order valence-corrected chi connectivity index (χ2v) is 10.1. The van der Waals surface area contributed by atoms with Gasteiger partial charge in [-0.2, -0.15) is 0 Å². The fourth-order valence-corrected chi connectivity index (χ4v) is 4.49. The topological polar surface area (TPSA) is 80.1 Å². The number of carbonyl (C=O) groups excluding carboxylic acids is 1. The molecular formula is C27H27Cl2N5O2. The van der Waals surface area contributed by atoms with Gasteiger partial charge >= 0.3 is 0 Å². The molecular weight excluding hydrogens is 497 g/mol. The normalized spacial score (nSPS) is 11.4. The molecule has 0 aliphatic heterocycles. The standard InChI is InChI=1S/C27H27Cl2N5O2/c1-16(2)31-25(35)15-34-26(18-6-5-7-20(28)10-18)32-24-13-30-23(12-22(24)27(34)36)19-8-17(14-33(3)4)9-21(29)11-19/h5-13,16H,14-15H2,1-4H3,(H,31,35). The van der Waals surface area contributed by atoms with Gasteiger partial charge in [-0.3, -0.25) is 19.1 Å². The summed E-state index contributed by atoms with van der Waals surface area (Å²) in [7, 11) is 3.96. The number of pyridine rings is 1. The number of nitrogens with zero attached hydrogens (tertiary/aromatic N) is 4. The third-order valence-electron chi connectivity index (χ3n) is 5.43. The molecule has 0 saturated heterocycles. The molecule has 0 spiro atoms. The molecule has 0 unspecified atom stereocenters. The van der Waals surface area contributed by atoms with E-state index in [-0.39, 0.29) is 24.1 Å². The highest BCUT2D eigenvalue weighted by atomic mass is 35.5. The van der Waals surface area contributed by atoms with Gasteiger partial charge in [-0.05, 0) is 69.9 Å². The zero-order valence-corrected chi connectivity index (χ0v) is 22.1. The maximum Gasteiger partial charge on any atom is 0.262 e. The number of fused-ring (bicyclic) bond motifs is 1. The summed E-state index contributed by atoms with van der Waals surface area (Å²) in [5, 5.41) is 4.29. The van der Waals surface area contributed by atoms with Crippen molar-refractivity contribution < 1.29 is 4.79 Å². The molecule has 0 fully saturated rings. The van der Waals surface area contributed by atoms with Gasteiger partial charge in [0.05, 0.1) is 22.8 Å². The lowest BCUT2D eigenvalue weighted by Crippen LogP contribution is -2.37. The number of halogens is 2. The van der Waals surface area contributed by atoms with Crippen LogP contribution in [0.4, 0.5) is 0 Å². The summed E-state index contributed by atoms with van der Waals surface area (Å²) in [6.45, 7) is 4.27. The predicted molar refractivity (Wildman–Crippen MR) is 145 cm³/mol. The Balaban J connectivity index is 1.89. The number of hydrogen-bond donors (Lipinski definition) is 1. The Morgan fingerprint density at radius 2 is 1.81 bits per heavy atom. The number of aromatic nitrogens is 3. The highest BCUT2D eigenvalue weighted by molar-refractivity contribution is 6.31. The van der Waals surface area contributed by atoms with E-state index in [1.54, 1.807) is 36.5 Å². The van der Waals surface area contributed by atoms with E-state index in [0.717, 1.165) is 11.1 Å². The van der Waals surface area contributed by atoms with Crippen LogP contribution in [-0.4, -0.2) is 45.5 Å². The van der Waals surface area contributed by atoms with Crippen molar-refractivity contribution in [2.45, 2.75) is 33.0 Å². The minimum Gasteiger partial charge on any atom is -0.352 e. The van der Waals surface area contributed by atoms with Gasteiger partial charge in [-0.1, -0.05) is 35.3 Å². The third kappa shape index (κ3) is 5.93. The van der Waals surface area contributed by atoms with Crippen LogP contribution in [0.3, 0.4) is 0 Å². The van der Waals surface area contributed by atoms with Gasteiger partial charge in [0.1, 0.15) is 12.4 Å². The Bertz CT molecular complexity index is 1500. The summed E-state index contributed by atoms with van der Waals surface area (Å²) >= 11 is 12.6. The van der Waals surface area contributed by atoms with Crippen molar-refractivity contribution in [1.29, 1.82) is 0 Å². The molecule has 0 radical (unpaired) electrons. The average molecular weight is 524 g/mol. The SMILES string of the molecule is CC(C)NC(=O)Cn1c(-c2cccc(Cl)c2)nc2cnc(-c3cc(Cl)cc(CN(C)C)c3)cc2c1=O. The molecule has 4 rings (SSSR count). The first-order valence-corrected chi connectivity index (χ1v) is 12.3. The van der Waals surface area contributed by atoms with Crippen LogP contribution in [0.2, 0.25) is 10.0 Å². The second kappa shape index (κ2) is 10.8. The van der Waals surface area contributed by atoms with Crippen LogP contribution >= 0.6 is 23.2 Å². The van der Waals surface area contributed by atoms with Crippen LogP contribution in [0.1, 0.15) is 19.4 Å². The van der Waals surface area contributed by atoms with Gasteiger partial charge in [0, 0.05) is 33.8 Å². The molecule has 0 saturated carbocycles. The Labute approximate surface area is 219 Å². The molecule has 186 valence electrons. The maximum absolute atomic E-state index is 13.7. The first-order valence-electron chi connectivity index (χ1n) is 11.5. The maximum atomic E-state index is 13.7. The Morgan fingerprint density at radius 1 is 1.06 bits per heavy atom. The molecule has 9 heteroatoms. The van der Waals surface area contributed by atoms with Gasteiger partial charge in [0.25, 0.3) is 5.56 Å². The molecule has 2 heterocycles. The van der Waals surface area contributed by atoms with Crippen molar-refractivity contribution >= 4 is 40.0 Å². The largest absolute Gasteiger partial charge is 0.352 e. The van der Waals surface area contributed by atoms with E-state index in [1.165, 1.54) is 4.57 Å². The molecule has 1 amide bonds. The van der Waals surface area contributed by atoms with Crippen LogP contribution in [0.25, 0.3) is 33.5 Å². The van der Waals surface area contributed by atoms with E-state index < -0.39 is 0 Å². The summed E-state index contributed by atoms with van der Waals surface area (Å²) < 4.78 is 1.38. The van der Waals surface area contributed by atoms with E-state index >= 15 is 0 Å². The van der Waals surface area contributed by atoms with Crippen molar-refractivity contribution in [3.05, 3.63) is 80.7 Å². The summed E-state index contributed by atoms with van der Waals surface area (Å²) in [6, 6.07) is 14.4. The first kappa shape index (κ1) is 25.8. The van der Waals surface area contributed by atoms with Crippen molar-refractivity contribution in [3.63, 3.8) is 0 Å². The lowest BCUT2D eigenvalue weighted by atomic mass is 10.1. The van der Waals surface area contributed by atoms with Crippen molar-refractivity contribution in [2.75, 3.05) is 14.1 Å². The zero-order chi connectivity index (χ0) is 26.0. The number of hydrogen-bond acceptors (Lipinski definition) is 5.